The smallest absolute Gasteiger partial charge is 0.312 e. The number of methoxy groups -OCH3 is 1. The van der Waals surface area contributed by atoms with Crippen LogP contribution in [-0.4, -0.2) is 19.6 Å². The van der Waals surface area contributed by atoms with E-state index in [4.69, 9.17) is 4.74 Å². The van der Waals surface area contributed by atoms with Gasteiger partial charge in [-0.15, -0.1) is 0 Å². The summed E-state index contributed by atoms with van der Waals surface area (Å²) in [6.07, 6.45) is 0. The molecular formula is C13H17BrFNO2. The van der Waals surface area contributed by atoms with E-state index in [-0.39, 0.29) is 11.8 Å². The van der Waals surface area contributed by atoms with Crippen molar-refractivity contribution in [1.82, 2.24) is 5.32 Å². The number of esters is 1. The molecule has 0 heterocycles. The summed E-state index contributed by atoms with van der Waals surface area (Å²) >= 11 is 3.29. The number of benzene rings is 1. The Morgan fingerprint density at radius 3 is 2.78 bits per heavy atom. The molecule has 18 heavy (non-hydrogen) atoms. The lowest BCUT2D eigenvalue weighted by molar-refractivity contribution is -0.150. The molecule has 0 aliphatic heterocycles. The lowest BCUT2D eigenvalue weighted by Gasteiger charge is -2.21. The zero-order chi connectivity index (χ0) is 13.8. The number of halogens is 2. The van der Waals surface area contributed by atoms with E-state index in [9.17, 15) is 9.18 Å². The van der Waals surface area contributed by atoms with E-state index in [0.717, 1.165) is 4.47 Å². The van der Waals surface area contributed by atoms with E-state index >= 15 is 0 Å². The van der Waals surface area contributed by atoms with Crippen molar-refractivity contribution in [3.05, 3.63) is 34.1 Å². The van der Waals surface area contributed by atoms with Crippen LogP contribution in [0.5, 0.6) is 0 Å². The summed E-state index contributed by atoms with van der Waals surface area (Å²) < 4.78 is 19.0. The Morgan fingerprint density at radius 2 is 2.17 bits per heavy atom. The summed E-state index contributed by atoms with van der Waals surface area (Å²) in [6, 6.07) is 4.78. The van der Waals surface area contributed by atoms with Gasteiger partial charge >= 0.3 is 5.97 Å². The van der Waals surface area contributed by atoms with Gasteiger partial charge in [-0.25, -0.2) is 4.39 Å². The normalized spacial score (nSPS) is 11.4. The van der Waals surface area contributed by atoms with Crippen LogP contribution in [0, 0.1) is 11.2 Å². The molecule has 1 aromatic carbocycles. The average Bonchev–Trinajstić information content (AvgIpc) is 2.32. The minimum Gasteiger partial charge on any atom is -0.469 e. The Bertz CT molecular complexity index is 435. The second-order valence-corrected chi connectivity index (χ2v) is 5.63. The summed E-state index contributed by atoms with van der Waals surface area (Å²) in [4.78, 5) is 11.5. The van der Waals surface area contributed by atoms with E-state index in [0.29, 0.717) is 18.7 Å². The molecule has 0 radical (unpaired) electrons. The van der Waals surface area contributed by atoms with Crippen molar-refractivity contribution in [3.8, 4) is 0 Å². The number of nitrogens with one attached hydrogen (secondary N) is 1. The number of hydrogen-bond donors (Lipinski definition) is 1. The van der Waals surface area contributed by atoms with Crippen LogP contribution >= 0.6 is 15.9 Å². The molecule has 5 heteroatoms. The first kappa shape index (κ1) is 15.1. The Kier molecular flexibility index (Phi) is 5.28. The Hall–Kier alpha value is -0.940. The molecule has 0 unspecified atom stereocenters. The molecule has 0 amide bonds. The van der Waals surface area contributed by atoms with Gasteiger partial charge in [0.05, 0.1) is 12.5 Å². The fraction of sp³-hybridized carbons (Fsp3) is 0.462. The number of carbonyl (C=O) groups excluding carboxylic acids is 1. The van der Waals surface area contributed by atoms with Gasteiger partial charge in [-0.3, -0.25) is 4.79 Å². The molecule has 0 atom stereocenters. The van der Waals surface area contributed by atoms with Gasteiger partial charge in [-0.2, -0.15) is 0 Å². The zero-order valence-corrected chi connectivity index (χ0v) is 12.3. The van der Waals surface area contributed by atoms with Crippen LogP contribution in [0.2, 0.25) is 0 Å². The van der Waals surface area contributed by atoms with Crippen LogP contribution in [0.4, 0.5) is 4.39 Å². The van der Waals surface area contributed by atoms with Crippen molar-refractivity contribution in [2.45, 2.75) is 20.4 Å². The molecule has 0 aliphatic carbocycles. The van der Waals surface area contributed by atoms with Gasteiger partial charge in [-0.1, -0.05) is 15.9 Å². The van der Waals surface area contributed by atoms with Crippen molar-refractivity contribution in [2.75, 3.05) is 13.7 Å². The molecule has 1 rings (SSSR count). The van der Waals surface area contributed by atoms with Crippen molar-refractivity contribution < 1.29 is 13.9 Å². The number of carbonyl (C=O) groups is 1. The third-order valence-electron chi connectivity index (χ3n) is 2.63. The first-order valence-electron chi connectivity index (χ1n) is 5.60. The van der Waals surface area contributed by atoms with E-state index in [1.165, 1.54) is 13.2 Å². The molecule has 0 spiro atoms. The van der Waals surface area contributed by atoms with Crippen molar-refractivity contribution >= 4 is 21.9 Å². The van der Waals surface area contributed by atoms with Crippen LogP contribution in [0.25, 0.3) is 0 Å². The summed E-state index contributed by atoms with van der Waals surface area (Å²) in [7, 11) is 1.36. The SMILES string of the molecule is COC(=O)C(C)(C)CNCc1cc(Br)ccc1F. The highest BCUT2D eigenvalue weighted by molar-refractivity contribution is 9.10. The molecule has 0 saturated carbocycles. The highest BCUT2D eigenvalue weighted by Gasteiger charge is 2.28. The largest absolute Gasteiger partial charge is 0.469 e. The maximum Gasteiger partial charge on any atom is 0.312 e. The fourth-order valence-electron chi connectivity index (χ4n) is 1.54. The van der Waals surface area contributed by atoms with E-state index < -0.39 is 5.41 Å². The zero-order valence-electron chi connectivity index (χ0n) is 10.7. The van der Waals surface area contributed by atoms with Crippen molar-refractivity contribution in [2.24, 2.45) is 5.41 Å². The van der Waals surface area contributed by atoms with E-state index in [1.54, 1.807) is 26.0 Å². The fourth-order valence-corrected chi connectivity index (χ4v) is 1.95. The topological polar surface area (TPSA) is 38.3 Å². The predicted molar refractivity (Wildman–Crippen MR) is 71.6 cm³/mol. The molecule has 1 aromatic rings. The minimum atomic E-state index is -0.628. The molecule has 3 nitrogen and oxygen atoms in total. The molecule has 0 bridgehead atoms. The Morgan fingerprint density at radius 1 is 1.50 bits per heavy atom. The van der Waals surface area contributed by atoms with Gasteiger partial charge in [0.15, 0.2) is 0 Å². The third kappa shape index (κ3) is 4.07. The van der Waals surface area contributed by atoms with E-state index in [2.05, 4.69) is 21.2 Å². The molecular weight excluding hydrogens is 301 g/mol. The third-order valence-corrected chi connectivity index (χ3v) is 3.12. The molecule has 1 N–H and O–H groups in total. The predicted octanol–water partition coefficient (Wildman–Crippen LogP) is 2.88. The first-order valence-corrected chi connectivity index (χ1v) is 6.39. The van der Waals surface area contributed by atoms with E-state index in [1.807, 2.05) is 0 Å². The van der Waals surface area contributed by atoms with Gasteiger partial charge in [0.25, 0.3) is 0 Å². The average molecular weight is 318 g/mol. The van der Waals surface area contributed by atoms with Gasteiger partial charge in [0, 0.05) is 23.1 Å². The Labute approximate surface area is 115 Å². The monoisotopic (exact) mass is 317 g/mol. The highest BCUT2D eigenvalue weighted by atomic mass is 79.9. The minimum absolute atomic E-state index is 0.262. The summed E-state index contributed by atoms with van der Waals surface area (Å²) in [5.74, 6) is -0.550. The van der Waals surface area contributed by atoms with Crippen LogP contribution < -0.4 is 5.32 Å². The number of hydrogen-bond acceptors (Lipinski definition) is 3. The molecule has 100 valence electrons. The van der Waals surface area contributed by atoms with Crippen molar-refractivity contribution in [1.29, 1.82) is 0 Å². The van der Waals surface area contributed by atoms with Gasteiger partial charge in [0.2, 0.25) is 0 Å². The van der Waals surface area contributed by atoms with Crippen LogP contribution in [0.1, 0.15) is 19.4 Å². The summed E-state index contributed by atoms with van der Waals surface area (Å²) in [6.45, 7) is 4.35. The number of rotatable bonds is 5. The molecule has 0 aromatic heterocycles. The first-order chi connectivity index (χ1) is 8.36. The maximum atomic E-state index is 13.5. The summed E-state index contributed by atoms with van der Waals surface area (Å²) in [5, 5.41) is 3.06. The van der Waals surface area contributed by atoms with Gasteiger partial charge < -0.3 is 10.1 Å². The second kappa shape index (κ2) is 6.29. The lowest BCUT2D eigenvalue weighted by atomic mass is 9.93. The van der Waals surface area contributed by atoms with Crippen molar-refractivity contribution in [3.63, 3.8) is 0 Å². The lowest BCUT2D eigenvalue weighted by Crippen LogP contribution is -2.36. The van der Waals surface area contributed by atoms with Gasteiger partial charge in [-0.05, 0) is 32.0 Å². The molecule has 0 saturated heterocycles. The van der Waals surface area contributed by atoms with Crippen LogP contribution in [-0.2, 0) is 16.1 Å². The highest BCUT2D eigenvalue weighted by Crippen LogP contribution is 2.18. The quantitative estimate of drug-likeness (QED) is 0.849. The Balaban J connectivity index is 2.56. The molecule has 0 fully saturated rings. The van der Waals surface area contributed by atoms with Crippen LogP contribution in [0.15, 0.2) is 22.7 Å². The standard InChI is InChI=1S/C13H17BrFNO2/c1-13(2,12(17)18-3)8-16-7-9-6-10(14)4-5-11(9)15/h4-6,16H,7-8H2,1-3H3. The van der Waals surface area contributed by atoms with Gasteiger partial charge in [0.1, 0.15) is 5.82 Å². The summed E-state index contributed by atoms with van der Waals surface area (Å²) in [5.41, 5.74) is -0.0675. The van der Waals surface area contributed by atoms with Crippen LogP contribution in [0.3, 0.4) is 0 Å². The number of ether oxygens (including phenoxy) is 1. The molecule has 0 aliphatic rings. The second-order valence-electron chi connectivity index (χ2n) is 4.71. The maximum absolute atomic E-state index is 13.5.